The van der Waals surface area contributed by atoms with Crippen LogP contribution in [-0.2, 0) is 28.7 Å². The summed E-state index contributed by atoms with van der Waals surface area (Å²) >= 11 is 0. The quantitative estimate of drug-likeness (QED) is 0.134. The number of carboxylic acids is 1. The summed E-state index contributed by atoms with van der Waals surface area (Å²) in [7, 11) is -2.87. The maximum Gasteiger partial charge on any atom is 0.338 e. The van der Waals surface area contributed by atoms with Gasteiger partial charge in [0.2, 0.25) is 0 Å². The number of allylic oxidation sites excluding steroid dienone is 2. The number of hydrogen-bond donors (Lipinski definition) is 1. The Morgan fingerprint density at radius 2 is 1.46 bits per heavy atom. The molecular weight excluding hydrogens is 504 g/mol. The van der Waals surface area contributed by atoms with Crippen molar-refractivity contribution in [1.82, 2.24) is 0 Å². The molecule has 3 unspecified atom stereocenters. The maximum absolute atomic E-state index is 12.3. The number of hydrogen-bond acceptors (Lipinski definition) is 6. The molecule has 2 aliphatic carbocycles. The molecule has 3 aliphatic rings. The molecule has 1 heterocycles. The van der Waals surface area contributed by atoms with Gasteiger partial charge in [-0.3, -0.25) is 4.79 Å². The minimum atomic E-state index is -1.53. The first-order chi connectivity index (χ1) is 16.6. The number of ether oxygens (including phenoxy) is 2. The number of rotatable bonds is 6. The second kappa shape index (κ2) is 12.1. The number of carbonyl (C=O) groups excluding carboxylic acids is 3. The summed E-state index contributed by atoms with van der Waals surface area (Å²) in [4.78, 5) is 42.8. The summed E-state index contributed by atoms with van der Waals surface area (Å²) in [5.41, 5.74) is 0.451. The van der Waals surface area contributed by atoms with E-state index in [-0.39, 0.29) is 22.1 Å². The Morgan fingerprint density at radius 3 is 1.76 bits per heavy atom. The SMILES string of the molecule is CC(=CC(C)(C)[Si](C)(C)C)C(=O)O.CC(C)(C(=O)OC1CC2C=CC1C2)[Si](C)(C)C.O=C1C=CC(=O)O1. The standard InChI is InChI=1S/C14H24O2Si.C10H20O2Si.C4H2O3/c1-14(2,17(3,4)5)13(15)16-12-9-10-6-7-11(12)8-10;1-8(9(11)12)7-10(2,3)13(4,5)6;5-3-1-2-4(6)7-3/h6-7,10-12H,8-9H2,1-5H3;7H,1-6H3,(H,11,12);1-2H. The van der Waals surface area contributed by atoms with Gasteiger partial charge in [-0.25, -0.2) is 14.4 Å². The topological polar surface area (TPSA) is 107 Å². The summed E-state index contributed by atoms with van der Waals surface area (Å²) < 4.78 is 9.75. The number of fused-ring (bicyclic) bond motifs is 2. The van der Waals surface area contributed by atoms with Crippen molar-refractivity contribution in [2.45, 2.75) is 103 Å². The highest BCUT2D eigenvalue weighted by atomic mass is 28.3. The lowest BCUT2D eigenvalue weighted by Gasteiger charge is -2.36. The van der Waals surface area contributed by atoms with Gasteiger partial charge in [-0.15, -0.1) is 0 Å². The summed E-state index contributed by atoms with van der Waals surface area (Å²) in [6.45, 7) is 23.4. The van der Waals surface area contributed by atoms with Crippen molar-refractivity contribution in [3.05, 3.63) is 36.0 Å². The molecule has 0 aromatic heterocycles. The van der Waals surface area contributed by atoms with Crippen molar-refractivity contribution in [3.8, 4) is 0 Å². The lowest BCUT2D eigenvalue weighted by Crippen LogP contribution is -2.43. The third kappa shape index (κ3) is 9.21. The van der Waals surface area contributed by atoms with Gasteiger partial charge in [0.1, 0.15) is 6.10 Å². The first kappa shape index (κ1) is 32.8. The van der Waals surface area contributed by atoms with E-state index in [0.29, 0.717) is 17.4 Å². The Balaban J connectivity index is 0.000000302. The van der Waals surface area contributed by atoms with Crippen molar-refractivity contribution in [2.75, 3.05) is 0 Å². The van der Waals surface area contributed by atoms with Crippen LogP contribution in [0.25, 0.3) is 0 Å². The van der Waals surface area contributed by atoms with E-state index in [9.17, 15) is 19.2 Å². The molecule has 0 aromatic carbocycles. The van der Waals surface area contributed by atoms with Crippen molar-refractivity contribution in [2.24, 2.45) is 11.8 Å². The van der Waals surface area contributed by atoms with Gasteiger partial charge in [0.15, 0.2) is 0 Å². The number of carbonyl (C=O) groups is 4. The lowest BCUT2D eigenvalue weighted by molar-refractivity contribution is -0.153. The molecule has 3 rings (SSSR count). The predicted octanol–water partition coefficient (Wildman–Crippen LogP) is 6.37. The second-order valence-electron chi connectivity index (χ2n) is 13.3. The van der Waals surface area contributed by atoms with E-state index in [1.807, 2.05) is 19.9 Å². The zero-order chi connectivity index (χ0) is 29.0. The second-order valence-corrected chi connectivity index (χ2v) is 24.8. The molecule has 0 spiro atoms. The van der Waals surface area contributed by atoms with E-state index in [1.54, 1.807) is 6.92 Å². The van der Waals surface area contributed by atoms with E-state index in [1.165, 1.54) is 6.42 Å². The molecule has 0 radical (unpaired) electrons. The molecule has 2 bridgehead atoms. The minimum absolute atomic E-state index is 0.0163. The van der Waals surface area contributed by atoms with E-state index >= 15 is 0 Å². The van der Waals surface area contributed by atoms with Crippen LogP contribution in [0.5, 0.6) is 0 Å². The first-order valence-corrected chi connectivity index (χ1v) is 19.8. The zero-order valence-electron chi connectivity index (χ0n) is 24.4. The van der Waals surface area contributed by atoms with E-state index in [4.69, 9.17) is 9.84 Å². The minimum Gasteiger partial charge on any atom is -0.478 e. The lowest BCUT2D eigenvalue weighted by atomic mass is 10.0. The van der Waals surface area contributed by atoms with Crippen LogP contribution in [-0.4, -0.2) is 51.2 Å². The normalized spacial score (nSPS) is 23.1. The Bertz CT molecular complexity index is 959. The third-order valence-corrected chi connectivity index (χ3v) is 16.2. The molecule has 1 fully saturated rings. The van der Waals surface area contributed by atoms with E-state index in [0.717, 1.165) is 18.6 Å². The summed E-state index contributed by atoms with van der Waals surface area (Å²) in [5, 5.41) is 8.50. The van der Waals surface area contributed by atoms with Gasteiger partial charge >= 0.3 is 23.9 Å². The predicted molar refractivity (Wildman–Crippen MR) is 152 cm³/mol. The van der Waals surface area contributed by atoms with Gasteiger partial charge in [-0.05, 0) is 30.7 Å². The molecular formula is C28H46O7Si2. The first-order valence-electron chi connectivity index (χ1n) is 12.8. The number of carboxylic acid groups (broad SMARTS) is 1. The molecule has 0 aromatic rings. The summed E-state index contributed by atoms with van der Waals surface area (Å²) in [6.07, 6.45) is 10.9. The average molecular weight is 551 g/mol. The summed E-state index contributed by atoms with van der Waals surface area (Å²) in [5.74, 6) is -0.807. The Kier molecular flexibility index (Phi) is 10.7. The summed E-state index contributed by atoms with van der Waals surface area (Å²) in [6, 6.07) is 0. The number of aliphatic carboxylic acids is 1. The fraction of sp³-hybridized carbons (Fsp3) is 0.643. The highest BCUT2D eigenvalue weighted by Gasteiger charge is 2.46. The third-order valence-electron chi connectivity index (χ3n) is 8.27. The van der Waals surface area contributed by atoms with Gasteiger partial charge < -0.3 is 14.6 Å². The molecule has 37 heavy (non-hydrogen) atoms. The van der Waals surface area contributed by atoms with Crippen molar-refractivity contribution >= 4 is 40.0 Å². The molecule has 7 nitrogen and oxygen atoms in total. The monoisotopic (exact) mass is 550 g/mol. The van der Waals surface area contributed by atoms with Crippen LogP contribution in [0, 0.1) is 11.8 Å². The largest absolute Gasteiger partial charge is 0.478 e. The fourth-order valence-electron chi connectivity index (χ4n) is 3.58. The van der Waals surface area contributed by atoms with Crippen LogP contribution >= 0.6 is 0 Å². The van der Waals surface area contributed by atoms with Gasteiger partial charge in [0, 0.05) is 23.6 Å². The van der Waals surface area contributed by atoms with E-state index in [2.05, 4.69) is 70.0 Å². The van der Waals surface area contributed by atoms with Crippen LogP contribution < -0.4 is 0 Å². The molecule has 1 aliphatic heterocycles. The van der Waals surface area contributed by atoms with Gasteiger partial charge in [-0.1, -0.05) is 85.2 Å². The Labute approximate surface area is 224 Å². The maximum atomic E-state index is 12.3. The molecule has 1 saturated carbocycles. The molecule has 1 N–H and O–H groups in total. The van der Waals surface area contributed by atoms with Crippen LogP contribution in [0.2, 0.25) is 49.4 Å². The van der Waals surface area contributed by atoms with Gasteiger partial charge in [0.25, 0.3) is 0 Å². The Morgan fingerprint density at radius 1 is 0.946 bits per heavy atom. The van der Waals surface area contributed by atoms with Crippen LogP contribution in [0.15, 0.2) is 36.0 Å². The zero-order valence-corrected chi connectivity index (χ0v) is 26.4. The molecule has 208 valence electrons. The molecule has 0 saturated heterocycles. The van der Waals surface area contributed by atoms with Gasteiger partial charge in [-0.2, -0.15) is 0 Å². The Hall–Kier alpha value is -2.27. The van der Waals surface area contributed by atoms with Crippen LogP contribution in [0.1, 0.15) is 47.5 Å². The highest BCUT2D eigenvalue weighted by molar-refractivity contribution is 6.82. The average Bonchev–Trinajstić information content (AvgIpc) is 3.44. The van der Waals surface area contributed by atoms with Crippen molar-refractivity contribution in [3.63, 3.8) is 0 Å². The van der Waals surface area contributed by atoms with Crippen LogP contribution in [0.3, 0.4) is 0 Å². The molecule has 9 heteroatoms. The highest BCUT2D eigenvalue weighted by Crippen LogP contribution is 2.44. The van der Waals surface area contributed by atoms with Crippen molar-refractivity contribution in [1.29, 1.82) is 0 Å². The number of cyclic esters (lactones) is 2. The van der Waals surface area contributed by atoms with Gasteiger partial charge in [0.05, 0.1) is 21.2 Å². The van der Waals surface area contributed by atoms with Crippen molar-refractivity contribution < 1.29 is 33.8 Å². The molecule has 3 atom stereocenters. The van der Waals surface area contributed by atoms with E-state index < -0.39 is 34.1 Å². The fourth-order valence-corrected chi connectivity index (χ4v) is 4.90. The van der Waals surface area contributed by atoms with Crippen LogP contribution in [0.4, 0.5) is 0 Å². The number of esters is 3. The molecule has 0 amide bonds. The smallest absolute Gasteiger partial charge is 0.338 e.